The van der Waals surface area contributed by atoms with Crippen molar-refractivity contribution in [2.45, 2.75) is 58.3 Å². The molecule has 1 heterocycles. The van der Waals surface area contributed by atoms with Gasteiger partial charge in [0, 0.05) is 25.2 Å². The number of rotatable bonds is 15. The quantitative estimate of drug-likeness (QED) is 0.109. The number of carbonyl (C=O) groups excluding carboxylic acids is 1. The molecule has 0 aromatic heterocycles. The zero-order valence-electron chi connectivity index (χ0n) is 23.4. The topological polar surface area (TPSA) is 88.2 Å². The Hall–Kier alpha value is -4.07. The van der Waals surface area contributed by atoms with Gasteiger partial charge in [-0.3, -0.25) is 4.79 Å². The van der Waals surface area contributed by atoms with Gasteiger partial charge >= 0.3 is 5.97 Å². The third-order valence-electron chi connectivity index (χ3n) is 6.68. The van der Waals surface area contributed by atoms with Gasteiger partial charge in [0.05, 0.1) is 36.0 Å². The Labute approximate surface area is 237 Å². The fourth-order valence-corrected chi connectivity index (χ4v) is 4.34. The number of anilines is 1. The highest BCUT2D eigenvalue weighted by atomic mass is 16.5. The monoisotopic (exact) mass is 541 g/mol. The van der Waals surface area contributed by atoms with Crippen molar-refractivity contribution in [3.8, 4) is 5.75 Å². The molecule has 4 rings (SSSR count). The number of nitrogens with zero attached hydrogens (tertiary/aromatic N) is 5. The Morgan fingerprint density at radius 2 is 1.10 bits per heavy atom. The third kappa shape index (κ3) is 9.91. The highest BCUT2D eigenvalue weighted by Crippen LogP contribution is 2.26. The van der Waals surface area contributed by atoms with Crippen LogP contribution in [0.15, 0.2) is 93.3 Å². The average Bonchev–Trinajstić information content (AvgIpc) is 3.55. The molecule has 0 aliphatic carbocycles. The standard InChI is InChI=1S/C32H39N5O3/c1-2-32(38)40-25-9-5-3-4-8-24-39-31-20-16-29(17-21-31)36-34-27-12-10-26(11-13-27)33-35-28-14-18-30(19-15-28)37-22-6-7-23-37/h10-21H,2-9,22-25H2,1H3. The highest BCUT2D eigenvalue weighted by molar-refractivity contribution is 5.68. The minimum atomic E-state index is -0.122. The first kappa shape index (κ1) is 28.9. The van der Waals surface area contributed by atoms with Crippen molar-refractivity contribution in [1.29, 1.82) is 0 Å². The first-order valence-electron chi connectivity index (χ1n) is 14.4. The summed E-state index contributed by atoms with van der Waals surface area (Å²) in [5.41, 5.74) is 4.36. The molecule has 0 N–H and O–H groups in total. The van der Waals surface area contributed by atoms with E-state index >= 15 is 0 Å². The molecule has 0 unspecified atom stereocenters. The number of ether oxygens (including phenoxy) is 2. The van der Waals surface area contributed by atoms with Gasteiger partial charge in [0.2, 0.25) is 0 Å². The van der Waals surface area contributed by atoms with Gasteiger partial charge in [-0.2, -0.15) is 20.5 Å². The van der Waals surface area contributed by atoms with E-state index in [-0.39, 0.29) is 5.97 Å². The van der Waals surface area contributed by atoms with E-state index in [1.807, 2.05) is 67.6 Å². The molecule has 3 aromatic carbocycles. The largest absolute Gasteiger partial charge is 0.494 e. The number of unbranched alkanes of at least 4 members (excludes halogenated alkanes) is 4. The summed E-state index contributed by atoms with van der Waals surface area (Å²) in [6, 6.07) is 23.4. The van der Waals surface area contributed by atoms with E-state index in [1.165, 1.54) is 18.5 Å². The van der Waals surface area contributed by atoms with Crippen LogP contribution in [0.2, 0.25) is 0 Å². The Kier molecular flexibility index (Phi) is 11.7. The van der Waals surface area contributed by atoms with Gasteiger partial charge in [-0.1, -0.05) is 26.2 Å². The molecule has 40 heavy (non-hydrogen) atoms. The molecular weight excluding hydrogens is 502 g/mol. The molecule has 3 aromatic rings. The lowest BCUT2D eigenvalue weighted by molar-refractivity contribution is -0.143. The van der Waals surface area contributed by atoms with Crippen LogP contribution in [0.5, 0.6) is 5.75 Å². The summed E-state index contributed by atoms with van der Waals surface area (Å²) in [6.07, 6.45) is 8.17. The molecule has 0 amide bonds. The molecule has 1 aliphatic heterocycles. The first-order chi connectivity index (χ1) is 19.7. The van der Waals surface area contributed by atoms with E-state index in [1.54, 1.807) is 0 Å². The number of carbonyl (C=O) groups is 1. The summed E-state index contributed by atoms with van der Waals surface area (Å²) in [4.78, 5) is 13.5. The molecule has 1 saturated heterocycles. The lowest BCUT2D eigenvalue weighted by atomic mass is 10.1. The maximum absolute atomic E-state index is 11.1. The summed E-state index contributed by atoms with van der Waals surface area (Å²) >= 11 is 0. The van der Waals surface area contributed by atoms with Crippen molar-refractivity contribution in [3.05, 3.63) is 72.8 Å². The van der Waals surface area contributed by atoms with Gasteiger partial charge < -0.3 is 14.4 Å². The molecule has 8 heteroatoms. The molecule has 0 saturated carbocycles. The van der Waals surface area contributed by atoms with Crippen LogP contribution in [0.3, 0.4) is 0 Å². The van der Waals surface area contributed by atoms with Gasteiger partial charge in [-0.15, -0.1) is 0 Å². The fourth-order valence-electron chi connectivity index (χ4n) is 4.34. The lowest BCUT2D eigenvalue weighted by Crippen LogP contribution is -2.17. The van der Waals surface area contributed by atoms with Crippen LogP contribution in [-0.4, -0.2) is 32.3 Å². The average molecular weight is 542 g/mol. The van der Waals surface area contributed by atoms with Gasteiger partial charge in [0.15, 0.2) is 0 Å². The zero-order chi connectivity index (χ0) is 27.8. The van der Waals surface area contributed by atoms with Crippen molar-refractivity contribution in [3.63, 3.8) is 0 Å². The van der Waals surface area contributed by atoms with E-state index in [9.17, 15) is 4.79 Å². The number of hydrogen-bond acceptors (Lipinski definition) is 8. The summed E-state index contributed by atoms with van der Waals surface area (Å²) in [5.74, 6) is 0.703. The maximum Gasteiger partial charge on any atom is 0.305 e. The highest BCUT2D eigenvalue weighted by Gasteiger charge is 2.11. The van der Waals surface area contributed by atoms with Crippen molar-refractivity contribution >= 4 is 34.4 Å². The maximum atomic E-state index is 11.1. The molecule has 0 atom stereocenters. The Morgan fingerprint density at radius 1 is 0.650 bits per heavy atom. The Bertz CT molecular complexity index is 1220. The number of benzene rings is 3. The van der Waals surface area contributed by atoms with Crippen molar-refractivity contribution < 1.29 is 14.3 Å². The number of hydrogen-bond donors (Lipinski definition) is 0. The Balaban J connectivity index is 1.13. The molecule has 8 nitrogen and oxygen atoms in total. The minimum absolute atomic E-state index is 0.122. The molecule has 1 aliphatic rings. The predicted molar refractivity (Wildman–Crippen MR) is 159 cm³/mol. The van der Waals surface area contributed by atoms with E-state index < -0.39 is 0 Å². The van der Waals surface area contributed by atoms with Gasteiger partial charge in [-0.05, 0) is 98.5 Å². The summed E-state index contributed by atoms with van der Waals surface area (Å²) < 4.78 is 10.9. The van der Waals surface area contributed by atoms with Crippen LogP contribution in [0.25, 0.3) is 0 Å². The van der Waals surface area contributed by atoms with Crippen LogP contribution in [-0.2, 0) is 9.53 Å². The SMILES string of the molecule is CCC(=O)OCCCCCCCOc1ccc(N=Nc2ccc(N=Nc3ccc(N4CCCC4)cc3)cc2)cc1. The number of esters is 1. The van der Waals surface area contributed by atoms with Crippen molar-refractivity contribution in [1.82, 2.24) is 0 Å². The summed E-state index contributed by atoms with van der Waals surface area (Å²) in [6.45, 7) is 5.28. The van der Waals surface area contributed by atoms with Crippen LogP contribution in [0.4, 0.5) is 28.4 Å². The second kappa shape index (κ2) is 16.1. The predicted octanol–water partition coefficient (Wildman–Crippen LogP) is 9.40. The lowest BCUT2D eigenvalue weighted by Gasteiger charge is -2.17. The third-order valence-corrected chi connectivity index (χ3v) is 6.68. The molecule has 0 bridgehead atoms. The molecule has 0 radical (unpaired) electrons. The van der Waals surface area contributed by atoms with Crippen LogP contribution < -0.4 is 9.64 Å². The van der Waals surface area contributed by atoms with Gasteiger partial charge in [0.1, 0.15) is 5.75 Å². The minimum Gasteiger partial charge on any atom is -0.494 e. The van der Waals surface area contributed by atoms with Crippen LogP contribution >= 0.6 is 0 Å². The van der Waals surface area contributed by atoms with Crippen LogP contribution in [0.1, 0.15) is 58.3 Å². The summed E-state index contributed by atoms with van der Waals surface area (Å²) in [7, 11) is 0. The molecule has 1 fully saturated rings. The second-order valence-corrected chi connectivity index (χ2v) is 9.81. The van der Waals surface area contributed by atoms with E-state index in [4.69, 9.17) is 9.47 Å². The molecule has 210 valence electrons. The zero-order valence-corrected chi connectivity index (χ0v) is 23.4. The second-order valence-electron chi connectivity index (χ2n) is 9.81. The first-order valence-corrected chi connectivity index (χ1v) is 14.4. The Morgan fingerprint density at radius 3 is 1.62 bits per heavy atom. The fraction of sp³-hybridized carbons (Fsp3) is 0.406. The van der Waals surface area contributed by atoms with Crippen LogP contribution in [0, 0.1) is 0 Å². The smallest absolute Gasteiger partial charge is 0.305 e. The van der Waals surface area contributed by atoms with E-state index in [0.717, 1.165) is 73.7 Å². The molecular formula is C32H39N5O3. The number of azo groups is 2. The van der Waals surface area contributed by atoms with Crippen molar-refractivity contribution in [2.24, 2.45) is 20.5 Å². The van der Waals surface area contributed by atoms with E-state index in [2.05, 4.69) is 37.5 Å². The van der Waals surface area contributed by atoms with E-state index in [0.29, 0.717) is 19.6 Å². The normalized spacial score (nSPS) is 13.4. The van der Waals surface area contributed by atoms with Gasteiger partial charge in [0.25, 0.3) is 0 Å². The van der Waals surface area contributed by atoms with Gasteiger partial charge in [-0.25, -0.2) is 0 Å². The van der Waals surface area contributed by atoms with Crippen molar-refractivity contribution in [2.75, 3.05) is 31.2 Å². The summed E-state index contributed by atoms with van der Waals surface area (Å²) in [5, 5.41) is 17.3. The molecule has 0 spiro atoms.